The van der Waals surface area contributed by atoms with Gasteiger partial charge < -0.3 is 9.64 Å². The number of nitrogens with zero attached hydrogens (tertiary/aromatic N) is 1. The minimum absolute atomic E-state index is 0.541. The Morgan fingerprint density at radius 3 is 2.56 bits per heavy atom. The van der Waals surface area contributed by atoms with E-state index in [9.17, 15) is 0 Å². The maximum atomic E-state index is 5.49. The van der Waals surface area contributed by atoms with E-state index in [1.54, 1.807) is 7.11 Å². The SMILES string of the molecule is COc1cc(C(C)C)ccc1CCN(C)CCS. The van der Waals surface area contributed by atoms with Crippen molar-refractivity contribution >= 4 is 12.6 Å². The van der Waals surface area contributed by atoms with Crippen LogP contribution in [0.4, 0.5) is 0 Å². The fourth-order valence-electron chi connectivity index (χ4n) is 1.92. The van der Waals surface area contributed by atoms with Gasteiger partial charge in [0.2, 0.25) is 0 Å². The maximum absolute atomic E-state index is 5.49. The largest absolute Gasteiger partial charge is 0.496 e. The monoisotopic (exact) mass is 267 g/mol. The summed E-state index contributed by atoms with van der Waals surface area (Å²) in [6.45, 7) is 6.47. The zero-order valence-corrected chi connectivity index (χ0v) is 12.8. The van der Waals surface area contributed by atoms with E-state index in [4.69, 9.17) is 4.74 Å². The van der Waals surface area contributed by atoms with E-state index in [1.165, 1.54) is 11.1 Å². The molecule has 0 saturated heterocycles. The lowest BCUT2D eigenvalue weighted by Crippen LogP contribution is -2.23. The van der Waals surface area contributed by atoms with Crippen molar-refractivity contribution in [2.75, 3.05) is 33.0 Å². The second kappa shape index (κ2) is 7.70. The number of methoxy groups -OCH3 is 1. The predicted octanol–water partition coefficient (Wildman–Crippen LogP) is 3.22. The Bertz CT molecular complexity index is 366. The topological polar surface area (TPSA) is 12.5 Å². The van der Waals surface area contributed by atoms with E-state index >= 15 is 0 Å². The van der Waals surface area contributed by atoms with Crippen molar-refractivity contribution in [3.05, 3.63) is 29.3 Å². The third-order valence-electron chi connectivity index (χ3n) is 3.22. The van der Waals surface area contributed by atoms with E-state index in [1.807, 2.05) is 0 Å². The third kappa shape index (κ3) is 4.54. The van der Waals surface area contributed by atoms with Gasteiger partial charge in [0.05, 0.1) is 7.11 Å². The Hall–Kier alpha value is -0.670. The molecule has 0 amide bonds. The highest BCUT2D eigenvalue weighted by Crippen LogP contribution is 2.25. The number of hydrogen-bond donors (Lipinski definition) is 1. The molecule has 0 spiro atoms. The fourth-order valence-corrected chi connectivity index (χ4v) is 2.26. The van der Waals surface area contributed by atoms with Gasteiger partial charge in [-0.1, -0.05) is 26.0 Å². The van der Waals surface area contributed by atoms with Gasteiger partial charge in [-0.25, -0.2) is 0 Å². The average molecular weight is 267 g/mol. The first-order valence-corrected chi connectivity index (χ1v) is 7.18. The molecule has 0 atom stereocenters. The lowest BCUT2D eigenvalue weighted by molar-refractivity contribution is 0.355. The van der Waals surface area contributed by atoms with Crippen molar-refractivity contribution in [2.24, 2.45) is 0 Å². The predicted molar refractivity (Wildman–Crippen MR) is 82.1 cm³/mol. The van der Waals surface area contributed by atoms with Crippen LogP contribution in [0, 0.1) is 0 Å². The summed E-state index contributed by atoms with van der Waals surface area (Å²) < 4.78 is 5.49. The second-order valence-electron chi connectivity index (χ2n) is 5.00. The molecule has 0 aliphatic heterocycles. The minimum atomic E-state index is 0.541. The van der Waals surface area contributed by atoms with Gasteiger partial charge in [-0.15, -0.1) is 0 Å². The number of thiol groups is 1. The third-order valence-corrected chi connectivity index (χ3v) is 3.42. The quantitative estimate of drug-likeness (QED) is 0.762. The van der Waals surface area contributed by atoms with E-state index in [-0.39, 0.29) is 0 Å². The van der Waals surface area contributed by atoms with E-state index < -0.39 is 0 Å². The molecule has 0 saturated carbocycles. The summed E-state index contributed by atoms with van der Waals surface area (Å²) in [5, 5.41) is 0. The average Bonchev–Trinajstić information content (AvgIpc) is 2.36. The Kier molecular flexibility index (Phi) is 6.58. The minimum Gasteiger partial charge on any atom is -0.496 e. The molecule has 0 heterocycles. The Balaban J connectivity index is 2.70. The smallest absolute Gasteiger partial charge is 0.122 e. The molecule has 18 heavy (non-hydrogen) atoms. The van der Waals surface area contributed by atoms with Gasteiger partial charge in [-0.05, 0) is 36.6 Å². The standard InChI is InChI=1S/C15H25NOS/c1-12(2)14-6-5-13(15(11-14)17-4)7-8-16(3)9-10-18/h5-6,11-12,18H,7-10H2,1-4H3. The molecule has 1 aromatic rings. The normalized spacial score (nSPS) is 11.3. The highest BCUT2D eigenvalue weighted by Gasteiger charge is 2.07. The first-order valence-electron chi connectivity index (χ1n) is 6.54. The van der Waals surface area contributed by atoms with E-state index in [2.05, 4.69) is 56.6 Å². The van der Waals surface area contributed by atoms with Crippen LogP contribution < -0.4 is 4.74 Å². The second-order valence-corrected chi connectivity index (χ2v) is 5.45. The number of benzene rings is 1. The van der Waals surface area contributed by atoms with Crippen molar-refractivity contribution < 1.29 is 4.74 Å². The molecule has 1 aromatic carbocycles. The lowest BCUT2D eigenvalue weighted by atomic mass is 10.00. The lowest BCUT2D eigenvalue weighted by Gasteiger charge is -2.17. The zero-order valence-electron chi connectivity index (χ0n) is 11.9. The van der Waals surface area contributed by atoms with Crippen LogP contribution in [-0.4, -0.2) is 37.9 Å². The van der Waals surface area contributed by atoms with Gasteiger partial charge >= 0.3 is 0 Å². The molecule has 0 aromatic heterocycles. The molecule has 0 aliphatic carbocycles. The first-order chi connectivity index (χ1) is 8.58. The summed E-state index contributed by atoms with van der Waals surface area (Å²) in [6, 6.07) is 6.57. The van der Waals surface area contributed by atoms with Gasteiger partial charge in [0, 0.05) is 18.8 Å². The van der Waals surface area contributed by atoms with Gasteiger partial charge in [-0.3, -0.25) is 0 Å². The van der Waals surface area contributed by atoms with Crippen LogP contribution in [0.3, 0.4) is 0 Å². The number of likely N-dealkylation sites (N-methyl/N-ethyl adjacent to an activating group) is 1. The Morgan fingerprint density at radius 2 is 2.00 bits per heavy atom. The molecule has 0 aliphatic rings. The van der Waals surface area contributed by atoms with Gasteiger partial charge in [-0.2, -0.15) is 12.6 Å². The van der Waals surface area contributed by atoms with Crippen molar-refractivity contribution in [3.8, 4) is 5.75 Å². The molecule has 102 valence electrons. The summed E-state index contributed by atoms with van der Waals surface area (Å²) in [4.78, 5) is 2.29. The van der Waals surface area contributed by atoms with Crippen molar-refractivity contribution in [1.29, 1.82) is 0 Å². The molecule has 0 fully saturated rings. The molecule has 3 heteroatoms. The van der Waals surface area contributed by atoms with Crippen LogP contribution in [0.2, 0.25) is 0 Å². The van der Waals surface area contributed by atoms with Gasteiger partial charge in [0.1, 0.15) is 5.75 Å². The van der Waals surface area contributed by atoms with Crippen molar-refractivity contribution in [3.63, 3.8) is 0 Å². The van der Waals surface area contributed by atoms with Crippen molar-refractivity contribution in [2.45, 2.75) is 26.2 Å². The van der Waals surface area contributed by atoms with Crippen LogP contribution in [0.15, 0.2) is 18.2 Å². The van der Waals surface area contributed by atoms with Crippen LogP contribution in [0.25, 0.3) is 0 Å². The first kappa shape index (κ1) is 15.4. The van der Waals surface area contributed by atoms with E-state index in [0.29, 0.717) is 5.92 Å². The van der Waals surface area contributed by atoms with Crippen molar-refractivity contribution in [1.82, 2.24) is 4.90 Å². The summed E-state index contributed by atoms with van der Waals surface area (Å²) in [7, 11) is 3.88. The maximum Gasteiger partial charge on any atom is 0.122 e. The van der Waals surface area contributed by atoms with Gasteiger partial charge in [0.25, 0.3) is 0 Å². The molecule has 2 nitrogen and oxygen atoms in total. The Morgan fingerprint density at radius 1 is 1.28 bits per heavy atom. The Labute approximate surface area is 117 Å². The zero-order chi connectivity index (χ0) is 13.5. The van der Waals surface area contributed by atoms with E-state index in [0.717, 1.165) is 31.0 Å². The number of hydrogen-bond acceptors (Lipinski definition) is 3. The number of rotatable bonds is 7. The molecule has 0 bridgehead atoms. The molecular formula is C15H25NOS. The highest BCUT2D eigenvalue weighted by atomic mass is 32.1. The van der Waals surface area contributed by atoms with Crippen LogP contribution in [0.1, 0.15) is 30.9 Å². The fraction of sp³-hybridized carbons (Fsp3) is 0.600. The van der Waals surface area contributed by atoms with Gasteiger partial charge in [0.15, 0.2) is 0 Å². The van der Waals surface area contributed by atoms with Crippen LogP contribution in [0.5, 0.6) is 5.75 Å². The number of ether oxygens (including phenoxy) is 1. The molecular weight excluding hydrogens is 242 g/mol. The molecule has 0 unspecified atom stereocenters. The summed E-state index contributed by atoms with van der Waals surface area (Å²) >= 11 is 4.25. The highest BCUT2D eigenvalue weighted by molar-refractivity contribution is 7.80. The summed E-state index contributed by atoms with van der Waals surface area (Å²) in [5.74, 6) is 2.46. The molecule has 0 radical (unpaired) electrons. The van der Waals surface area contributed by atoms with Crippen LogP contribution in [-0.2, 0) is 6.42 Å². The molecule has 0 N–H and O–H groups in total. The summed E-state index contributed by atoms with van der Waals surface area (Å²) in [5.41, 5.74) is 2.62. The van der Waals surface area contributed by atoms with Crippen LogP contribution >= 0.6 is 12.6 Å². The summed E-state index contributed by atoms with van der Waals surface area (Å²) in [6.07, 6.45) is 1.02. The molecule has 1 rings (SSSR count).